The highest BCUT2D eigenvalue weighted by atomic mass is 32.2. The Morgan fingerprint density at radius 1 is 1.23 bits per heavy atom. The van der Waals surface area contributed by atoms with E-state index in [-0.39, 0.29) is 0 Å². The van der Waals surface area contributed by atoms with E-state index in [1.54, 1.807) is 0 Å². The molecule has 0 aliphatic carbocycles. The van der Waals surface area contributed by atoms with Crippen LogP contribution >= 0.6 is 11.8 Å². The quantitative estimate of drug-likeness (QED) is 0.728. The lowest BCUT2D eigenvalue weighted by molar-refractivity contribution is 0.0412. The van der Waals surface area contributed by atoms with E-state index in [1.165, 1.54) is 43.7 Å². The number of nitrogens with two attached hydrogens (primary N) is 1. The van der Waals surface area contributed by atoms with Gasteiger partial charge in [0.1, 0.15) is 0 Å². The molecule has 2 fully saturated rings. The van der Waals surface area contributed by atoms with Crippen LogP contribution in [-0.4, -0.2) is 41.6 Å². The molecule has 0 bridgehead atoms. The lowest BCUT2D eigenvalue weighted by Crippen LogP contribution is -2.56. The maximum atomic E-state index is 5.72. The molecule has 2 N–H and O–H groups in total. The van der Waals surface area contributed by atoms with Crippen LogP contribution in [0.2, 0.25) is 0 Å². The topological polar surface area (TPSA) is 29.3 Å². The fourth-order valence-corrected chi connectivity index (χ4v) is 3.43. The number of rotatable bonds is 2. The van der Waals surface area contributed by atoms with Crippen molar-refractivity contribution in [2.45, 2.75) is 37.8 Å². The van der Waals surface area contributed by atoms with E-state index >= 15 is 0 Å². The number of nitrogens with zero attached hydrogens (tertiary/aromatic N) is 1. The van der Waals surface area contributed by atoms with Crippen molar-refractivity contribution < 1.29 is 0 Å². The second-order valence-electron chi connectivity index (χ2n) is 4.11. The molecule has 2 saturated heterocycles. The third kappa shape index (κ3) is 2.20. The summed E-state index contributed by atoms with van der Waals surface area (Å²) in [5, 5.41) is 0. The third-order valence-electron chi connectivity index (χ3n) is 3.35. The molecule has 2 aliphatic rings. The average Bonchev–Trinajstić information content (AvgIpc) is 2.32. The van der Waals surface area contributed by atoms with Crippen molar-refractivity contribution in [2.24, 2.45) is 5.73 Å². The van der Waals surface area contributed by atoms with Gasteiger partial charge in [-0.05, 0) is 37.2 Å². The molecule has 0 aromatic carbocycles. The van der Waals surface area contributed by atoms with Crippen LogP contribution in [0.1, 0.15) is 25.7 Å². The van der Waals surface area contributed by atoms with Gasteiger partial charge in [-0.15, -0.1) is 0 Å². The highest BCUT2D eigenvalue weighted by Gasteiger charge is 2.32. The van der Waals surface area contributed by atoms with Gasteiger partial charge in [0.15, 0.2) is 0 Å². The van der Waals surface area contributed by atoms with Gasteiger partial charge in [-0.3, -0.25) is 4.90 Å². The summed E-state index contributed by atoms with van der Waals surface area (Å²) in [6, 6.07) is 1.57. The second kappa shape index (κ2) is 4.67. The van der Waals surface area contributed by atoms with Gasteiger partial charge in [0.2, 0.25) is 0 Å². The SMILES string of the molecule is NCC1CCN1C1CCCSCC1. The van der Waals surface area contributed by atoms with Crippen LogP contribution in [0.15, 0.2) is 0 Å². The van der Waals surface area contributed by atoms with E-state index < -0.39 is 0 Å². The van der Waals surface area contributed by atoms with Crippen molar-refractivity contribution in [3.63, 3.8) is 0 Å². The molecule has 0 amide bonds. The highest BCUT2D eigenvalue weighted by Crippen LogP contribution is 2.28. The number of thioether (sulfide) groups is 1. The van der Waals surface area contributed by atoms with Gasteiger partial charge in [-0.25, -0.2) is 0 Å². The summed E-state index contributed by atoms with van der Waals surface area (Å²) in [7, 11) is 0. The minimum Gasteiger partial charge on any atom is -0.329 e. The van der Waals surface area contributed by atoms with Gasteiger partial charge in [0, 0.05) is 25.2 Å². The average molecular weight is 200 g/mol. The molecule has 13 heavy (non-hydrogen) atoms. The smallest absolute Gasteiger partial charge is 0.0233 e. The van der Waals surface area contributed by atoms with Crippen molar-refractivity contribution in [3.8, 4) is 0 Å². The fourth-order valence-electron chi connectivity index (χ4n) is 2.41. The molecular weight excluding hydrogens is 180 g/mol. The van der Waals surface area contributed by atoms with Gasteiger partial charge >= 0.3 is 0 Å². The Kier molecular flexibility index (Phi) is 3.52. The van der Waals surface area contributed by atoms with Gasteiger partial charge in [-0.1, -0.05) is 0 Å². The van der Waals surface area contributed by atoms with Crippen LogP contribution < -0.4 is 5.73 Å². The summed E-state index contributed by atoms with van der Waals surface area (Å²) in [6.07, 6.45) is 5.54. The molecule has 2 rings (SSSR count). The van der Waals surface area contributed by atoms with Crippen molar-refractivity contribution in [1.82, 2.24) is 4.90 Å². The van der Waals surface area contributed by atoms with Gasteiger partial charge < -0.3 is 5.73 Å². The van der Waals surface area contributed by atoms with Crippen LogP contribution in [0.25, 0.3) is 0 Å². The van der Waals surface area contributed by atoms with Crippen molar-refractivity contribution in [3.05, 3.63) is 0 Å². The third-order valence-corrected chi connectivity index (χ3v) is 4.45. The van der Waals surface area contributed by atoms with Crippen LogP contribution in [0, 0.1) is 0 Å². The molecule has 2 aliphatic heterocycles. The maximum absolute atomic E-state index is 5.72. The zero-order chi connectivity index (χ0) is 9.10. The first-order valence-corrected chi connectivity index (χ1v) is 6.61. The van der Waals surface area contributed by atoms with E-state index in [9.17, 15) is 0 Å². The summed E-state index contributed by atoms with van der Waals surface area (Å²) < 4.78 is 0. The molecule has 2 atom stereocenters. The van der Waals surface area contributed by atoms with E-state index in [4.69, 9.17) is 5.73 Å². The monoisotopic (exact) mass is 200 g/mol. The van der Waals surface area contributed by atoms with Crippen molar-refractivity contribution in [1.29, 1.82) is 0 Å². The summed E-state index contributed by atoms with van der Waals surface area (Å²) in [5.74, 6) is 2.73. The predicted octanol–water partition coefficient (Wildman–Crippen LogP) is 1.31. The zero-order valence-corrected chi connectivity index (χ0v) is 9.06. The Balaban J connectivity index is 1.84. The Labute approximate surface area is 85.2 Å². The molecule has 3 heteroatoms. The first-order valence-electron chi connectivity index (χ1n) is 5.45. The zero-order valence-electron chi connectivity index (χ0n) is 8.24. The van der Waals surface area contributed by atoms with Gasteiger partial charge in [-0.2, -0.15) is 11.8 Å². The van der Waals surface area contributed by atoms with E-state index in [0.29, 0.717) is 6.04 Å². The van der Waals surface area contributed by atoms with E-state index in [2.05, 4.69) is 16.7 Å². The first kappa shape index (κ1) is 9.81. The molecule has 0 aromatic heterocycles. The number of hydrogen-bond acceptors (Lipinski definition) is 3. The molecule has 2 nitrogen and oxygen atoms in total. The first-order chi connectivity index (χ1) is 6.42. The second-order valence-corrected chi connectivity index (χ2v) is 5.34. The largest absolute Gasteiger partial charge is 0.329 e. The molecule has 0 radical (unpaired) electrons. The molecule has 0 saturated carbocycles. The summed E-state index contributed by atoms with van der Waals surface area (Å²) in [4.78, 5) is 2.64. The Bertz CT molecular complexity index is 153. The van der Waals surface area contributed by atoms with E-state index in [0.717, 1.165) is 12.6 Å². The van der Waals surface area contributed by atoms with Gasteiger partial charge in [0.05, 0.1) is 0 Å². The molecule has 2 heterocycles. The normalized spacial score (nSPS) is 36.7. The summed E-state index contributed by atoms with van der Waals surface area (Å²) in [6.45, 7) is 2.17. The Morgan fingerprint density at radius 3 is 2.85 bits per heavy atom. The fraction of sp³-hybridized carbons (Fsp3) is 1.00. The number of likely N-dealkylation sites (tertiary alicyclic amines) is 1. The van der Waals surface area contributed by atoms with Crippen LogP contribution in [0.5, 0.6) is 0 Å². The highest BCUT2D eigenvalue weighted by molar-refractivity contribution is 7.99. The van der Waals surface area contributed by atoms with Crippen LogP contribution in [-0.2, 0) is 0 Å². The van der Waals surface area contributed by atoms with Crippen molar-refractivity contribution in [2.75, 3.05) is 24.6 Å². The molecular formula is C10H20N2S. The van der Waals surface area contributed by atoms with E-state index in [1.807, 2.05) is 0 Å². The van der Waals surface area contributed by atoms with Crippen LogP contribution in [0.3, 0.4) is 0 Å². The Hall–Kier alpha value is 0.270. The standard InChI is InChI=1S/C10H20N2S/c11-8-10-3-5-12(10)9-2-1-6-13-7-4-9/h9-10H,1-8,11H2. The maximum Gasteiger partial charge on any atom is 0.0233 e. The predicted molar refractivity (Wildman–Crippen MR) is 59.1 cm³/mol. The molecule has 0 spiro atoms. The van der Waals surface area contributed by atoms with Crippen molar-refractivity contribution >= 4 is 11.8 Å². The molecule has 76 valence electrons. The number of hydrogen-bond donors (Lipinski definition) is 1. The molecule has 2 unspecified atom stereocenters. The Morgan fingerprint density at radius 2 is 2.15 bits per heavy atom. The van der Waals surface area contributed by atoms with Crippen LogP contribution in [0.4, 0.5) is 0 Å². The minimum absolute atomic E-state index is 0.716. The molecule has 0 aromatic rings. The lowest BCUT2D eigenvalue weighted by Gasteiger charge is -2.45. The summed E-state index contributed by atoms with van der Waals surface area (Å²) in [5.41, 5.74) is 5.72. The minimum atomic E-state index is 0.716. The summed E-state index contributed by atoms with van der Waals surface area (Å²) >= 11 is 2.12. The lowest BCUT2D eigenvalue weighted by atomic mass is 9.96. The van der Waals surface area contributed by atoms with Gasteiger partial charge in [0.25, 0.3) is 0 Å².